The lowest BCUT2D eigenvalue weighted by molar-refractivity contribution is -0.119. The molecule has 25 heavy (non-hydrogen) atoms. The van der Waals surface area contributed by atoms with Crippen LogP contribution in [0, 0.1) is 6.92 Å². The Morgan fingerprint density at radius 3 is 2.60 bits per heavy atom. The van der Waals surface area contributed by atoms with Crippen molar-refractivity contribution in [3.8, 4) is 0 Å². The van der Waals surface area contributed by atoms with Gasteiger partial charge in [-0.2, -0.15) is 0 Å². The van der Waals surface area contributed by atoms with Crippen molar-refractivity contribution < 1.29 is 9.90 Å². The van der Waals surface area contributed by atoms with Gasteiger partial charge in [-0.15, -0.1) is 0 Å². The van der Waals surface area contributed by atoms with E-state index in [9.17, 15) is 9.90 Å². The Morgan fingerprint density at radius 1 is 1.32 bits per heavy atom. The average Bonchev–Trinajstić information content (AvgIpc) is 3.21. The predicted molar refractivity (Wildman–Crippen MR) is 96.7 cm³/mol. The molecule has 0 radical (unpaired) electrons. The van der Waals surface area contributed by atoms with Crippen LogP contribution in [-0.4, -0.2) is 31.1 Å². The number of aromatic nitrogens is 3. The van der Waals surface area contributed by atoms with Gasteiger partial charge < -0.3 is 5.11 Å². The minimum atomic E-state index is -1.04. The van der Waals surface area contributed by atoms with E-state index in [-0.39, 0.29) is 12.3 Å². The van der Waals surface area contributed by atoms with Gasteiger partial charge in [0.15, 0.2) is 5.65 Å². The monoisotopic (exact) mass is 342 g/mol. The van der Waals surface area contributed by atoms with Crippen molar-refractivity contribution in [2.75, 3.05) is 5.32 Å². The van der Waals surface area contributed by atoms with Crippen molar-refractivity contribution in [3.63, 3.8) is 0 Å². The van der Waals surface area contributed by atoms with Crippen molar-refractivity contribution in [1.82, 2.24) is 14.5 Å². The lowest BCUT2D eigenvalue weighted by Crippen LogP contribution is -2.29. The van der Waals surface area contributed by atoms with Gasteiger partial charge in [0.05, 0.1) is 12.0 Å². The van der Waals surface area contributed by atoms with Gasteiger partial charge in [0, 0.05) is 11.7 Å². The highest BCUT2D eigenvalue weighted by molar-refractivity contribution is 5.91. The summed E-state index contributed by atoms with van der Waals surface area (Å²) < 4.78 is 2.09. The Morgan fingerprint density at radius 2 is 2.04 bits per heavy atom. The van der Waals surface area contributed by atoms with Gasteiger partial charge in [-0.25, -0.2) is 9.97 Å². The van der Waals surface area contributed by atoms with Gasteiger partial charge in [-0.1, -0.05) is 0 Å². The summed E-state index contributed by atoms with van der Waals surface area (Å²) in [6.07, 6.45) is 5.87. The van der Waals surface area contributed by atoms with E-state index in [1.54, 1.807) is 13.8 Å². The Balaban J connectivity index is 1.73. The molecule has 0 atom stereocenters. The summed E-state index contributed by atoms with van der Waals surface area (Å²) in [6, 6.07) is 2.50. The smallest absolute Gasteiger partial charge is 0.229 e. The second-order valence-electron chi connectivity index (χ2n) is 8.21. The molecule has 2 heterocycles. The first kappa shape index (κ1) is 16.5. The minimum absolute atomic E-state index is 0.0423. The number of fused-ring (bicyclic) bond motifs is 1. The van der Waals surface area contributed by atoms with Crippen LogP contribution in [-0.2, 0) is 4.79 Å². The maximum atomic E-state index is 12.3. The molecule has 0 saturated heterocycles. The van der Waals surface area contributed by atoms with E-state index in [0.29, 0.717) is 17.9 Å². The van der Waals surface area contributed by atoms with Crippen molar-refractivity contribution in [1.29, 1.82) is 0 Å². The summed E-state index contributed by atoms with van der Waals surface area (Å²) in [7, 11) is 0. The highest BCUT2D eigenvalue weighted by Gasteiger charge is 2.30. The number of pyridine rings is 1. The summed E-state index contributed by atoms with van der Waals surface area (Å²) in [5, 5.41) is 12.8. The molecular weight excluding hydrogens is 316 g/mol. The van der Waals surface area contributed by atoms with Crippen LogP contribution in [0.1, 0.15) is 75.6 Å². The zero-order chi connectivity index (χ0) is 17.8. The molecule has 0 aliphatic heterocycles. The molecule has 2 aromatic heterocycles. The summed E-state index contributed by atoms with van der Waals surface area (Å²) >= 11 is 0. The van der Waals surface area contributed by atoms with Gasteiger partial charge in [0.25, 0.3) is 0 Å². The molecule has 1 amide bonds. The van der Waals surface area contributed by atoms with Crippen molar-refractivity contribution in [2.24, 2.45) is 0 Å². The number of rotatable bonds is 5. The Labute approximate surface area is 147 Å². The van der Waals surface area contributed by atoms with E-state index in [4.69, 9.17) is 4.98 Å². The second kappa shape index (κ2) is 5.80. The molecule has 134 valence electrons. The molecule has 0 bridgehead atoms. The first-order valence-corrected chi connectivity index (χ1v) is 9.23. The molecule has 0 aromatic carbocycles. The molecule has 0 spiro atoms. The standard InChI is InChI=1S/C19H26N4O2/c1-11-14(12-7-8-12)9-15-17(20-11)23(13-5-4-6-13)18(21-15)22-16(24)10-19(2,3)25/h9,12-13,25H,4-8,10H2,1-3H3,(H,21,22,24). The maximum Gasteiger partial charge on any atom is 0.229 e. The van der Waals surface area contributed by atoms with E-state index in [1.165, 1.54) is 24.8 Å². The number of hydrogen-bond acceptors (Lipinski definition) is 4. The van der Waals surface area contributed by atoms with Crippen LogP contribution in [0.2, 0.25) is 0 Å². The largest absolute Gasteiger partial charge is 0.390 e. The molecule has 6 heteroatoms. The molecule has 2 aliphatic carbocycles. The second-order valence-corrected chi connectivity index (χ2v) is 8.21. The first-order valence-electron chi connectivity index (χ1n) is 9.23. The number of nitrogens with zero attached hydrogens (tertiary/aromatic N) is 3. The van der Waals surface area contributed by atoms with Crippen LogP contribution in [0.3, 0.4) is 0 Å². The van der Waals surface area contributed by atoms with E-state index < -0.39 is 5.60 Å². The third-order valence-electron chi connectivity index (χ3n) is 5.20. The molecule has 2 fully saturated rings. The van der Waals surface area contributed by atoms with Crippen molar-refractivity contribution in [2.45, 2.75) is 76.9 Å². The van der Waals surface area contributed by atoms with Crippen molar-refractivity contribution >= 4 is 23.0 Å². The Kier molecular flexibility index (Phi) is 3.83. The average molecular weight is 342 g/mol. The van der Waals surface area contributed by atoms with E-state index in [1.807, 2.05) is 0 Å². The number of aryl methyl sites for hydroxylation is 1. The van der Waals surface area contributed by atoms with Crippen LogP contribution < -0.4 is 5.32 Å². The number of aliphatic hydroxyl groups is 1. The molecule has 2 aliphatic rings. The number of carbonyl (C=O) groups excluding carboxylic acids is 1. The molecule has 6 nitrogen and oxygen atoms in total. The number of carbonyl (C=O) groups is 1. The first-order chi connectivity index (χ1) is 11.8. The summed E-state index contributed by atoms with van der Waals surface area (Å²) in [6.45, 7) is 5.33. The van der Waals surface area contributed by atoms with Gasteiger partial charge in [-0.3, -0.25) is 14.7 Å². The quantitative estimate of drug-likeness (QED) is 0.872. The highest BCUT2D eigenvalue weighted by Crippen LogP contribution is 2.43. The van der Waals surface area contributed by atoms with Gasteiger partial charge in [-0.05, 0) is 70.4 Å². The van der Waals surface area contributed by atoms with Gasteiger partial charge in [0.1, 0.15) is 5.52 Å². The molecular formula is C19H26N4O2. The number of hydrogen-bond donors (Lipinski definition) is 2. The van der Waals surface area contributed by atoms with E-state index >= 15 is 0 Å². The van der Waals surface area contributed by atoms with Crippen LogP contribution >= 0.6 is 0 Å². The zero-order valence-corrected chi connectivity index (χ0v) is 15.2. The molecule has 2 N–H and O–H groups in total. The summed E-state index contributed by atoms with van der Waals surface area (Å²) in [4.78, 5) is 21.8. The van der Waals surface area contributed by atoms with Gasteiger partial charge >= 0.3 is 0 Å². The lowest BCUT2D eigenvalue weighted by atomic mass is 9.93. The normalized spacial score (nSPS) is 18.4. The van der Waals surface area contributed by atoms with Crippen LogP contribution in [0.15, 0.2) is 6.07 Å². The summed E-state index contributed by atoms with van der Waals surface area (Å²) in [5.74, 6) is 0.968. The predicted octanol–water partition coefficient (Wildman–Crippen LogP) is 3.44. The number of nitrogens with one attached hydrogen (secondary N) is 1. The highest BCUT2D eigenvalue weighted by atomic mass is 16.3. The molecule has 2 saturated carbocycles. The van der Waals surface area contributed by atoms with E-state index in [0.717, 1.165) is 29.7 Å². The van der Waals surface area contributed by atoms with Crippen molar-refractivity contribution in [3.05, 3.63) is 17.3 Å². The number of imidazole rings is 1. The Bertz CT molecular complexity index is 826. The number of amides is 1. The molecule has 2 aromatic rings. The third-order valence-corrected chi connectivity index (χ3v) is 5.20. The van der Waals surface area contributed by atoms with E-state index in [2.05, 4.69) is 27.9 Å². The minimum Gasteiger partial charge on any atom is -0.390 e. The van der Waals surface area contributed by atoms with Gasteiger partial charge in [0.2, 0.25) is 11.9 Å². The van der Waals surface area contributed by atoms with Crippen LogP contribution in [0.4, 0.5) is 5.95 Å². The van der Waals surface area contributed by atoms with Crippen LogP contribution in [0.25, 0.3) is 11.2 Å². The van der Waals surface area contributed by atoms with Crippen LogP contribution in [0.5, 0.6) is 0 Å². The third kappa shape index (κ3) is 3.27. The lowest BCUT2D eigenvalue weighted by Gasteiger charge is -2.28. The zero-order valence-electron chi connectivity index (χ0n) is 15.2. The SMILES string of the molecule is Cc1nc2c(cc1C1CC1)nc(NC(=O)CC(C)(C)O)n2C1CCC1. The molecule has 0 unspecified atom stereocenters. The fourth-order valence-corrected chi connectivity index (χ4v) is 3.57. The Hall–Kier alpha value is -1.95. The fourth-order valence-electron chi connectivity index (χ4n) is 3.57. The maximum absolute atomic E-state index is 12.3. The topological polar surface area (TPSA) is 80.0 Å². The fraction of sp³-hybridized carbons (Fsp3) is 0.632. The molecule has 4 rings (SSSR count). The number of anilines is 1. The summed E-state index contributed by atoms with van der Waals surface area (Å²) in [5.41, 5.74) is 3.05.